The largest absolute Gasteiger partial charge is 0.462 e. The summed E-state index contributed by atoms with van der Waals surface area (Å²) in [6.07, 6.45) is 1.58. The van der Waals surface area contributed by atoms with E-state index in [2.05, 4.69) is 0 Å². The predicted octanol–water partition coefficient (Wildman–Crippen LogP) is 3.82. The lowest BCUT2D eigenvalue weighted by Gasteiger charge is -2.07. The summed E-state index contributed by atoms with van der Waals surface area (Å²) in [5, 5.41) is 0. The van der Waals surface area contributed by atoms with Crippen LogP contribution in [-0.4, -0.2) is 18.4 Å². The molecular formula is C19H18O3. The average molecular weight is 294 g/mol. The zero-order chi connectivity index (χ0) is 15.9. The number of aryl methyl sites for hydroxylation is 1. The van der Waals surface area contributed by atoms with Crippen LogP contribution in [0.2, 0.25) is 0 Å². The topological polar surface area (TPSA) is 43.4 Å². The van der Waals surface area contributed by atoms with Gasteiger partial charge in [0.2, 0.25) is 0 Å². The third kappa shape index (κ3) is 3.92. The smallest absolute Gasteiger partial charge is 0.342 e. The molecule has 0 saturated heterocycles. The van der Waals surface area contributed by atoms with Crippen LogP contribution in [0, 0.1) is 6.92 Å². The Balaban J connectivity index is 2.40. The summed E-state index contributed by atoms with van der Waals surface area (Å²) in [6.45, 7) is 3.93. The summed E-state index contributed by atoms with van der Waals surface area (Å²) < 4.78 is 5.01. The number of Topliss-reactive ketones (excluding diaryl/α,β-unsaturated/α-hetero) is 1. The van der Waals surface area contributed by atoms with Gasteiger partial charge in [0.05, 0.1) is 6.61 Å². The highest BCUT2D eigenvalue weighted by Gasteiger charge is 2.20. The van der Waals surface area contributed by atoms with Crippen molar-refractivity contribution < 1.29 is 14.3 Å². The first-order valence-corrected chi connectivity index (χ1v) is 7.17. The summed E-state index contributed by atoms with van der Waals surface area (Å²) in [5.74, 6) is -0.934. The van der Waals surface area contributed by atoms with Crippen LogP contribution in [0.25, 0.3) is 6.08 Å². The van der Waals surface area contributed by atoms with Crippen molar-refractivity contribution in [2.24, 2.45) is 0 Å². The van der Waals surface area contributed by atoms with Crippen LogP contribution < -0.4 is 0 Å². The molecule has 0 atom stereocenters. The fraction of sp³-hybridized carbons (Fsp3) is 0.158. The number of carbonyl (C=O) groups excluding carboxylic acids is 2. The Morgan fingerprint density at radius 2 is 1.64 bits per heavy atom. The highest BCUT2D eigenvalue weighted by molar-refractivity contribution is 6.26. The van der Waals surface area contributed by atoms with E-state index in [1.54, 1.807) is 37.3 Å². The van der Waals surface area contributed by atoms with Gasteiger partial charge in [-0.05, 0) is 25.5 Å². The molecule has 0 saturated carbocycles. The van der Waals surface area contributed by atoms with Crippen LogP contribution in [0.1, 0.15) is 28.4 Å². The van der Waals surface area contributed by atoms with E-state index in [9.17, 15) is 9.59 Å². The molecule has 112 valence electrons. The second-order valence-electron chi connectivity index (χ2n) is 4.88. The van der Waals surface area contributed by atoms with Gasteiger partial charge in [-0.15, -0.1) is 0 Å². The Hall–Kier alpha value is -2.68. The minimum atomic E-state index is -0.600. The Bertz CT molecular complexity index is 682. The van der Waals surface area contributed by atoms with E-state index in [-0.39, 0.29) is 18.0 Å². The van der Waals surface area contributed by atoms with Crippen molar-refractivity contribution in [1.29, 1.82) is 0 Å². The molecule has 0 unspecified atom stereocenters. The molecule has 0 aliphatic heterocycles. The molecular weight excluding hydrogens is 276 g/mol. The van der Waals surface area contributed by atoms with Gasteiger partial charge in [0.1, 0.15) is 5.57 Å². The van der Waals surface area contributed by atoms with Crippen molar-refractivity contribution in [1.82, 2.24) is 0 Å². The zero-order valence-electron chi connectivity index (χ0n) is 12.7. The van der Waals surface area contributed by atoms with Crippen molar-refractivity contribution in [2.75, 3.05) is 6.61 Å². The van der Waals surface area contributed by atoms with Crippen molar-refractivity contribution in [3.8, 4) is 0 Å². The Morgan fingerprint density at radius 1 is 1.00 bits per heavy atom. The summed E-state index contributed by atoms with van der Waals surface area (Å²) in [7, 11) is 0. The standard InChI is InChI=1S/C19H18O3/c1-3-22-19(21)17(13-15-11-9-14(2)10-12-15)18(20)16-7-5-4-6-8-16/h4-13H,3H2,1-2H3/b17-13-. The lowest BCUT2D eigenvalue weighted by molar-refractivity contribution is -0.137. The van der Waals surface area contributed by atoms with Gasteiger partial charge < -0.3 is 4.74 Å². The van der Waals surface area contributed by atoms with Gasteiger partial charge in [-0.25, -0.2) is 4.79 Å². The fourth-order valence-electron chi connectivity index (χ4n) is 2.00. The van der Waals surface area contributed by atoms with Crippen LogP contribution in [-0.2, 0) is 9.53 Å². The van der Waals surface area contributed by atoms with Crippen molar-refractivity contribution in [2.45, 2.75) is 13.8 Å². The summed E-state index contributed by atoms with van der Waals surface area (Å²) in [6, 6.07) is 16.3. The molecule has 0 radical (unpaired) electrons. The number of benzene rings is 2. The molecule has 2 aromatic carbocycles. The number of hydrogen-bond acceptors (Lipinski definition) is 3. The summed E-state index contributed by atoms with van der Waals surface area (Å²) >= 11 is 0. The maximum atomic E-state index is 12.6. The average Bonchev–Trinajstić information content (AvgIpc) is 2.54. The fourth-order valence-corrected chi connectivity index (χ4v) is 2.00. The molecule has 0 heterocycles. The second kappa shape index (κ2) is 7.36. The number of ketones is 1. The number of esters is 1. The van der Waals surface area contributed by atoms with Gasteiger partial charge in [0.15, 0.2) is 5.78 Å². The zero-order valence-corrected chi connectivity index (χ0v) is 12.7. The van der Waals surface area contributed by atoms with Crippen molar-refractivity contribution in [3.63, 3.8) is 0 Å². The Kier molecular flexibility index (Phi) is 5.26. The van der Waals surface area contributed by atoms with E-state index in [4.69, 9.17) is 4.74 Å². The highest BCUT2D eigenvalue weighted by Crippen LogP contribution is 2.15. The van der Waals surface area contributed by atoms with Crippen LogP contribution in [0.15, 0.2) is 60.2 Å². The third-order valence-corrected chi connectivity index (χ3v) is 3.16. The van der Waals surface area contributed by atoms with Crippen LogP contribution in [0.5, 0.6) is 0 Å². The molecule has 0 N–H and O–H groups in total. The van der Waals surface area contributed by atoms with Crippen molar-refractivity contribution in [3.05, 3.63) is 76.9 Å². The first kappa shape index (κ1) is 15.7. The Labute approximate surface area is 130 Å². The molecule has 0 aliphatic rings. The summed E-state index contributed by atoms with van der Waals surface area (Å²) in [5.41, 5.74) is 2.41. The van der Waals surface area contributed by atoms with E-state index in [1.165, 1.54) is 0 Å². The third-order valence-electron chi connectivity index (χ3n) is 3.16. The van der Waals surface area contributed by atoms with E-state index < -0.39 is 5.97 Å². The monoisotopic (exact) mass is 294 g/mol. The van der Waals surface area contributed by atoms with E-state index in [0.29, 0.717) is 5.56 Å². The van der Waals surface area contributed by atoms with E-state index in [0.717, 1.165) is 11.1 Å². The summed E-state index contributed by atoms with van der Waals surface area (Å²) in [4.78, 5) is 24.7. The van der Waals surface area contributed by atoms with Gasteiger partial charge in [-0.1, -0.05) is 60.2 Å². The van der Waals surface area contributed by atoms with Gasteiger partial charge >= 0.3 is 5.97 Å². The molecule has 0 aliphatic carbocycles. The first-order chi connectivity index (χ1) is 10.6. The highest BCUT2D eigenvalue weighted by atomic mass is 16.5. The quantitative estimate of drug-likeness (QED) is 0.277. The molecule has 3 nitrogen and oxygen atoms in total. The predicted molar refractivity (Wildman–Crippen MR) is 86.6 cm³/mol. The number of ether oxygens (including phenoxy) is 1. The Morgan fingerprint density at radius 3 is 2.23 bits per heavy atom. The maximum Gasteiger partial charge on any atom is 0.342 e. The lowest BCUT2D eigenvalue weighted by atomic mass is 10.0. The van der Waals surface area contributed by atoms with Crippen LogP contribution in [0.4, 0.5) is 0 Å². The van der Waals surface area contributed by atoms with Crippen LogP contribution in [0.3, 0.4) is 0 Å². The number of carbonyl (C=O) groups is 2. The molecule has 0 fully saturated rings. The molecule has 0 aromatic heterocycles. The minimum absolute atomic E-state index is 0.0388. The minimum Gasteiger partial charge on any atom is -0.462 e. The number of hydrogen-bond donors (Lipinski definition) is 0. The molecule has 22 heavy (non-hydrogen) atoms. The SMILES string of the molecule is CCOC(=O)/C(=C\c1ccc(C)cc1)C(=O)c1ccccc1. The molecule has 2 aromatic rings. The number of rotatable bonds is 5. The molecule has 0 bridgehead atoms. The normalized spacial score (nSPS) is 11.1. The lowest BCUT2D eigenvalue weighted by Crippen LogP contribution is -2.16. The molecule has 3 heteroatoms. The van der Waals surface area contributed by atoms with Gasteiger partial charge in [-0.2, -0.15) is 0 Å². The van der Waals surface area contributed by atoms with E-state index >= 15 is 0 Å². The maximum absolute atomic E-state index is 12.6. The van der Waals surface area contributed by atoms with E-state index in [1.807, 2.05) is 37.3 Å². The van der Waals surface area contributed by atoms with Gasteiger partial charge in [0.25, 0.3) is 0 Å². The van der Waals surface area contributed by atoms with Crippen molar-refractivity contribution >= 4 is 17.8 Å². The molecule has 0 amide bonds. The molecule has 0 spiro atoms. The van der Waals surface area contributed by atoms with Crippen LogP contribution >= 0.6 is 0 Å². The second-order valence-corrected chi connectivity index (χ2v) is 4.88. The molecule has 2 rings (SSSR count). The van der Waals surface area contributed by atoms with Gasteiger partial charge in [0, 0.05) is 5.56 Å². The first-order valence-electron chi connectivity index (χ1n) is 7.17. The van der Waals surface area contributed by atoms with Gasteiger partial charge in [-0.3, -0.25) is 4.79 Å².